The van der Waals surface area contributed by atoms with Gasteiger partial charge in [-0.2, -0.15) is 0 Å². The van der Waals surface area contributed by atoms with Gasteiger partial charge >= 0.3 is 95.7 Å². The van der Waals surface area contributed by atoms with E-state index in [4.69, 9.17) is 16.1 Å². The minimum absolute atomic E-state index is 0.0406. The quantitative estimate of drug-likeness (QED) is 0.546. The molecule has 0 spiro atoms. The molecular weight excluding hydrogens is 382 g/mol. The van der Waals surface area contributed by atoms with Crippen molar-refractivity contribution in [2.45, 2.75) is 5.88 Å². The maximum absolute atomic E-state index is 11.4. The Kier molecular flexibility index (Phi) is 2.46. The SMILES string of the molecule is O=c1c2ccc(CCl)cc2o[n]1[Tl]. The van der Waals surface area contributed by atoms with Gasteiger partial charge in [0.05, 0.1) is 0 Å². The van der Waals surface area contributed by atoms with E-state index in [2.05, 4.69) is 0 Å². The van der Waals surface area contributed by atoms with Crippen molar-refractivity contribution in [2.24, 2.45) is 0 Å². The molecule has 0 saturated carbocycles. The standard InChI is InChI=1S/C8H6ClNO2.Tl/c9-4-5-1-2-6-7(3-5)12-10-8(6)11;/h1-3H,4H2,(H,10,11);/q;+1/p-1. The predicted molar refractivity (Wildman–Crippen MR) is 51.2 cm³/mol. The zero-order chi connectivity index (χ0) is 9.42. The Balaban J connectivity index is 2.80. The van der Waals surface area contributed by atoms with Crippen molar-refractivity contribution in [1.82, 2.24) is 2.55 Å². The van der Waals surface area contributed by atoms with Crippen LogP contribution in [0.1, 0.15) is 5.56 Å². The summed E-state index contributed by atoms with van der Waals surface area (Å²) in [6.07, 6.45) is 0. The Labute approximate surface area is 95.4 Å². The Morgan fingerprint density at radius 3 is 3.00 bits per heavy atom. The van der Waals surface area contributed by atoms with E-state index in [1.165, 1.54) is 2.55 Å². The van der Waals surface area contributed by atoms with Crippen molar-refractivity contribution >= 4 is 48.6 Å². The second kappa shape index (κ2) is 3.45. The first-order valence-electron chi connectivity index (χ1n) is 3.68. The van der Waals surface area contributed by atoms with E-state index in [1.807, 2.05) is 12.1 Å². The fourth-order valence-corrected chi connectivity index (χ4v) is 2.32. The molecule has 0 aliphatic rings. The molecule has 0 unspecified atom stereocenters. The van der Waals surface area contributed by atoms with Crippen LogP contribution in [0.25, 0.3) is 11.0 Å². The maximum atomic E-state index is 11.4. The summed E-state index contributed by atoms with van der Waals surface area (Å²) < 4.78 is 6.64. The first kappa shape index (κ1) is 9.26. The van der Waals surface area contributed by atoms with E-state index >= 15 is 0 Å². The van der Waals surface area contributed by atoms with Gasteiger partial charge < -0.3 is 0 Å². The molecule has 0 fully saturated rings. The summed E-state index contributed by atoms with van der Waals surface area (Å²) in [4.78, 5) is 11.4. The minimum atomic E-state index is -0.0406. The Morgan fingerprint density at radius 2 is 2.31 bits per heavy atom. The molecule has 0 N–H and O–H groups in total. The summed E-state index contributed by atoms with van der Waals surface area (Å²) in [6.45, 7) is 0. The van der Waals surface area contributed by atoms with Gasteiger partial charge in [-0.15, -0.1) is 0 Å². The van der Waals surface area contributed by atoms with Crippen LogP contribution in [0.3, 0.4) is 0 Å². The van der Waals surface area contributed by atoms with Crippen LogP contribution < -0.4 is 5.56 Å². The number of benzene rings is 1. The van der Waals surface area contributed by atoms with Crippen LogP contribution in [-0.4, -0.2) is 28.6 Å². The molecule has 1 aromatic heterocycles. The van der Waals surface area contributed by atoms with Crippen molar-refractivity contribution < 1.29 is 4.52 Å². The third-order valence-electron chi connectivity index (χ3n) is 1.83. The van der Waals surface area contributed by atoms with Crippen LogP contribution in [0.4, 0.5) is 0 Å². The van der Waals surface area contributed by atoms with Crippen molar-refractivity contribution in [2.75, 3.05) is 0 Å². The molecule has 2 rings (SSSR count). The van der Waals surface area contributed by atoms with Crippen LogP contribution >= 0.6 is 11.6 Å². The molecule has 3 nitrogen and oxygen atoms in total. The predicted octanol–water partition coefficient (Wildman–Crippen LogP) is 1.26. The molecule has 0 amide bonds. The number of hydrogen-bond acceptors (Lipinski definition) is 2. The van der Waals surface area contributed by atoms with Crippen LogP contribution in [0, 0.1) is 0 Å². The number of alkyl halides is 1. The summed E-state index contributed by atoms with van der Waals surface area (Å²) in [5.41, 5.74) is 1.56. The average Bonchev–Trinajstić information content (AvgIpc) is 2.42. The second-order valence-electron chi connectivity index (χ2n) is 2.69. The van der Waals surface area contributed by atoms with Gasteiger partial charge in [0, 0.05) is 0 Å². The fourth-order valence-electron chi connectivity index (χ4n) is 1.17. The van der Waals surface area contributed by atoms with Gasteiger partial charge in [-0.1, -0.05) is 0 Å². The van der Waals surface area contributed by atoms with Crippen LogP contribution in [0.5, 0.6) is 0 Å². The zero-order valence-electron chi connectivity index (χ0n) is 6.66. The molecule has 5 heteroatoms. The fraction of sp³-hybridized carbons (Fsp3) is 0.125. The van der Waals surface area contributed by atoms with E-state index < -0.39 is 0 Å². The van der Waals surface area contributed by atoms with Gasteiger partial charge in [0.2, 0.25) is 0 Å². The number of halogens is 1. The van der Waals surface area contributed by atoms with Gasteiger partial charge in [0.25, 0.3) is 0 Å². The normalized spacial score (nSPS) is 10.8. The van der Waals surface area contributed by atoms with Gasteiger partial charge in [-0.3, -0.25) is 0 Å². The molecule has 13 heavy (non-hydrogen) atoms. The number of hydrogen-bond donors (Lipinski definition) is 0. The van der Waals surface area contributed by atoms with E-state index in [9.17, 15) is 4.79 Å². The van der Waals surface area contributed by atoms with Crippen LogP contribution in [0.15, 0.2) is 27.5 Å². The average molecular weight is 387 g/mol. The van der Waals surface area contributed by atoms with Crippen molar-refractivity contribution in [3.63, 3.8) is 0 Å². The summed E-state index contributed by atoms with van der Waals surface area (Å²) in [6, 6.07) is 5.41. The first-order chi connectivity index (χ1) is 6.22. The molecule has 0 atom stereocenters. The molecular formula is C8H5ClNO2Tl. The van der Waals surface area contributed by atoms with Gasteiger partial charge in [0.1, 0.15) is 0 Å². The van der Waals surface area contributed by atoms with E-state index in [1.54, 1.807) is 6.07 Å². The van der Waals surface area contributed by atoms with E-state index in [0.29, 0.717) is 42.9 Å². The molecule has 0 bridgehead atoms. The van der Waals surface area contributed by atoms with E-state index in [-0.39, 0.29) is 5.56 Å². The molecule has 0 saturated heterocycles. The molecule has 1 aromatic carbocycles. The molecule has 0 radical (unpaired) electrons. The second-order valence-corrected chi connectivity index (χ2v) is 4.78. The number of aromatic nitrogens is 1. The Hall–Kier alpha value is -0.298. The number of rotatable bonds is 1. The summed E-state index contributed by atoms with van der Waals surface area (Å²) in [5, 5.41) is 0.636. The molecule has 0 aliphatic heterocycles. The molecule has 64 valence electrons. The first-order valence-corrected chi connectivity index (χ1v) is 6.22. The van der Waals surface area contributed by atoms with Crippen molar-refractivity contribution in [3.05, 3.63) is 34.1 Å². The number of nitrogens with zero attached hydrogens (tertiary/aromatic N) is 1. The Bertz CT molecular complexity index is 502. The van der Waals surface area contributed by atoms with Gasteiger partial charge in [-0.25, -0.2) is 0 Å². The third kappa shape index (κ3) is 1.54. The van der Waals surface area contributed by atoms with Gasteiger partial charge in [0.15, 0.2) is 0 Å². The van der Waals surface area contributed by atoms with Crippen LogP contribution in [0.2, 0.25) is 0 Å². The van der Waals surface area contributed by atoms with Crippen molar-refractivity contribution in [3.8, 4) is 0 Å². The van der Waals surface area contributed by atoms with E-state index in [0.717, 1.165) is 5.56 Å². The summed E-state index contributed by atoms with van der Waals surface area (Å²) in [7, 11) is 0. The van der Waals surface area contributed by atoms with Crippen LogP contribution in [-0.2, 0) is 5.88 Å². The zero-order valence-corrected chi connectivity index (χ0v) is 11.9. The third-order valence-corrected chi connectivity index (χ3v) is 3.46. The molecule has 2 aromatic rings. The molecule has 1 heterocycles. The van der Waals surface area contributed by atoms with Crippen molar-refractivity contribution in [1.29, 1.82) is 0 Å². The summed E-state index contributed by atoms with van der Waals surface area (Å²) >= 11 is 6.02. The molecule has 0 aliphatic carbocycles. The Morgan fingerprint density at radius 1 is 1.54 bits per heavy atom. The number of fused-ring (bicyclic) bond motifs is 1. The topological polar surface area (TPSA) is 35.1 Å². The summed E-state index contributed by atoms with van der Waals surface area (Å²) in [5.74, 6) is 0.439. The van der Waals surface area contributed by atoms with Gasteiger partial charge in [-0.05, 0) is 0 Å². The monoisotopic (exact) mass is 387 g/mol.